The van der Waals surface area contributed by atoms with E-state index < -0.39 is 5.97 Å². The van der Waals surface area contributed by atoms with Crippen LogP contribution in [-0.4, -0.2) is 17.6 Å². The van der Waals surface area contributed by atoms with Crippen molar-refractivity contribution in [3.63, 3.8) is 0 Å². The predicted octanol–water partition coefficient (Wildman–Crippen LogP) is 4.90. The Hall–Kier alpha value is -2.60. The molecule has 1 aliphatic carbocycles. The van der Waals surface area contributed by atoms with E-state index in [1.54, 1.807) is 19.2 Å². The molecule has 0 bridgehead atoms. The summed E-state index contributed by atoms with van der Waals surface area (Å²) in [4.78, 5) is 16.0. The van der Waals surface area contributed by atoms with Crippen molar-refractivity contribution in [2.75, 3.05) is 6.61 Å². The molecule has 0 aliphatic heterocycles. The predicted molar refractivity (Wildman–Crippen MR) is 100 cm³/mol. The number of allylic oxidation sites excluding steroid dienone is 2. The zero-order valence-electron chi connectivity index (χ0n) is 15.1. The third-order valence-electron chi connectivity index (χ3n) is 4.63. The third kappa shape index (κ3) is 3.91. The van der Waals surface area contributed by atoms with Gasteiger partial charge in [0.05, 0.1) is 6.61 Å². The van der Waals surface area contributed by atoms with E-state index in [0.29, 0.717) is 12.3 Å². The maximum atomic E-state index is 11.9. The largest absolute Gasteiger partial charge is 0.461 e. The molecule has 3 rings (SSSR count). The van der Waals surface area contributed by atoms with Crippen molar-refractivity contribution in [3.05, 3.63) is 53.4 Å². The number of hydrogen-bond donors (Lipinski definition) is 0. The smallest absolute Gasteiger partial charge is 0.356 e. The lowest BCUT2D eigenvalue weighted by Crippen LogP contribution is -2.16. The minimum absolute atomic E-state index is 0.156. The lowest BCUT2D eigenvalue weighted by Gasteiger charge is -2.28. The molecule has 3 heteroatoms. The van der Waals surface area contributed by atoms with Crippen LogP contribution in [0, 0.1) is 17.3 Å². The first-order chi connectivity index (χ1) is 12.0. The van der Waals surface area contributed by atoms with Gasteiger partial charge in [-0.05, 0) is 55.2 Å². The molecule has 1 aromatic carbocycles. The van der Waals surface area contributed by atoms with Crippen LogP contribution in [-0.2, 0) is 4.74 Å². The summed E-state index contributed by atoms with van der Waals surface area (Å²) < 4.78 is 5.02. The molecule has 0 atom stereocenters. The number of aromatic nitrogens is 1. The average molecular weight is 333 g/mol. The number of hydrogen-bond acceptors (Lipinski definition) is 3. The fourth-order valence-electron chi connectivity index (χ4n) is 3.10. The molecule has 1 aromatic heterocycles. The Bertz CT molecular complexity index is 897. The second-order valence-electron chi connectivity index (χ2n) is 7.00. The van der Waals surface area contributed by atoms with Gasteiger partial charge < -0.3 is 4.74 Å². The summed E-state index contributed by atoms with van der Waals surface area (Å²) in [6, 6.07) is 7.75. The van der Waals surface area contributed by atoms with Crippen molar-refractivity contribution in [1.82, 2.24) is 4.98 Å². The SMILES string of the molecule is CCOC(=O)c1cc2cc(C#CC3=CCCCC3(C)C)ccc2cn1. The zero-order chi connectivity index (χ0) is 17.9. The number of benzene rings is 1. The monoisotopic (exact) mass is 333 g/mol. The van der Waals surface area contributed by atoms with Crippen LogP contribution in [0.2, 0.25) is 0 Å². The highest BCUT2D eigenvalue weighted by Crippen LogP contribution is 2.36. The van der Waals surface area contributed by atoms with Crippen LogP contribution in [0.5, 0.6) is 0 Å². The van der Waals surface area contributed by atoms with Crippen LogP contribution >= 0.6 is 0 Å². The number of carbonyl (C=O) groups is 1. The average Bonchev–Trinajstić information content (AvgIpc) is 2.60. The van der Waals surface area contributed by atoms with E-state index in [2.05, 4.69) is 36.7 Å². The van der Waals surface area contributed by atoms with E-state index in [0.717, 1.165) is 22.8 Å². The van der Waals surface area contributed by atoms with Crippen LogP contribution in [0.1, 0.15) is 56.1 Å². The van der Waals surface area contributed by atoms with Gasteiger partial charge >= 0.3 is 5.97 Å². The molecule has 0 N–H and O–H groups in total. The molecule has 2 aromatic rings. The summed E-state index contributed by atoms with van der Waals surface area (Å²) in [7, 11) is 0. The molecule has 0 unspecified atom stereocenters. The van der Waals surface area contributed by atoms with Gasteiger partial charge in [-0.15, -0.1) is 0 Å². The summed E-state index contributed by atoms with van der Waals surface area (Å²) in [5.74, 6) is 6.24. The second kappa shape index (κ2) is 7.11. The first-order valence-corrected chi connectivity index (χ1v) is 8.79. The van der Waals surface area contributed by atoms with Gasteiger partial charge in [-0.1, -0.05) is 37.8 Å². The fraction of sp³-hybridized carbons (Fsp3) is 0.364. The number of pyridine rings is 1. The molecule has 0 spiro atoms. The highest BCUT2D eigenvalue weighted by Gasteiger charge is 2.24. The van der Waals surface area contributed by atoms with Gasteiger partial charge in [0, 0.05) is 22.7 Å². The van der Waals surface area contributed by atoms with Crippen molar-refractivity contribution >= 4 is 16.7 Å². The minimum Gasteiger partial charge on any atom is -0.461 e. The van der Waals surface area contributed by atoms with Gasteiger partial charge in [-0.2, -0.15) is 0 Å². The zero-order valence-corrected chi connectivity index (χ0v) is 15.1. The maximum absolute atomic E-state index is 11.9. The van der Waals surface area contributed by atoms with Gasteiger partial charge in [0.1, 0.15) is 5.69 Å². The molecule has 0 radical (unpaired) electrons. The fourth-order valence-corrected chi connectivity index (χ4v) is 3.10. The Morgan fingerprint density at radius 1 is 1.24 bits per heavy atom. The number of fused-ring (bicyclic) bond motifs is 1. The molecular formula is C22H23NO2. The summed E-state index contributed by atoms with van der Waals surface area (Å²) in [6.07, 6.45) is 7.49. The van der Waals surface area contributed by atoms with Gasteiger partial charge in [0.2, 0.25) is 0 Å². The lowest BCUT2D eigenvalue weighted by molar-refractivity contribution is 0.0519. The van der Waals surface area contributed by atoms with Crippen molar-refractivity contribution < 1.29 is 9.53 Å². The van der Waals surface area contributed by atoms with Crippen LogP contribution < -0.4 is 0 Å². The van der Waals surface area contributed by atoms with Gasteiger partial charge in [0.15, 0.2) is 0 Å². The van der Waals surface area contributed by atoms with E-state index >= 15 is 0 Å². The molecule has 1 aliphatic rings. The second-order valence-corrected chi connectivity index (χ2v) is 7.00. The summed E-state index contributed by atoms with van der Waals surface area (Å²) in [5.41, 5.74) is 2.65. The first-order valence-electron chi connectivity index (χ1n) is 8.79. The van der Waals surface area contributed by atoms with E-state index in [1.807, 2.05) is 18.2 Å². The Balaban J connectivity index is 1.92. The number of esters is 1. The molecule has 3 nitrogen and oxygen atoms in total. The normalized spacial score (nSPS) is 15.9. The molecule has 1 heterocycles. The van der Waals surface area contributed by atoms with Gasteiger partial charge in [-0.3, -0.25) is 0 Å². The maximum Gasteiger partial charge on any atom is 0.356 e. The van der Waals surface area contributed by atoms with Crippen molar-refractivity contribution in [1.29, 1.82) is 0 Å². The highest BCUT2D eigenvalue weighted by molar-refractivity contribution is 5.93. The van der Waals surface area contributed by atoms with Crippen molar-refractivity contribution in [2.24, 2.45) is 5.41 Å². The Morgan fingerprint density at radius 3 is 2.84 bits per heavy atom. The van der Waals surface area contributed by atoms with Crippen LogP contribution in [0.3, 0.4) is 0 Å². The standard InChI is InChI=1S/C22H23NO2/c1-4-25-21(24)20-14-18-13-16(8-10-17(18)15-23-20)9-11-19-7-5-6-12-22(19,2)3/h7-8,10,13-15H,4-6,12H2,1-3H3. The van der Waals surface area contributed by atoms with Crippen molar-refractivity contribution in [2.45, 2.75) is 40.0 Å². The summed E-state index contributed by atoms with van der Waals surface area (Å²) in [6.45, 7) is 6.64. The molecule has 0 saturated carbocycles. The minimum atomic E-state index is -0.394. The molecule has 0 saturated heterocycles. The molecule has 0 fully saturated rings. The molecule has 128 valence electrons. The highest BCUT2D eigenvalue weighted by atomic mass is 16.5. The van der Waals surface area contributed by atoms with Gasteiger partial charge in [-0.25, -0.2) is 9.78 Å². The molecule has 25 heavy (non-hydrogen) atoms. The Labute approximate surface area is 149 Å². The number of ether oxygens (including phenoxy) is 1. The first kappa shape index (κ1) is 17.2. The topological polar surface area (TPSA) is 39.2 Å². The molecule has 0 amide bonds. The summed E-state index contributed by atoms with van der Waals surface area (Å²) >= 11 is 0. The Morgan fingerprint density at radius 2 is 2.08 bits per heavy atom. The Kier molecular flexibility index (Phi) is 4.90. The van der Waals surface area contributed by atoms with Gasteiger partial charge in [0.25, 0.3) is 0 Å². The molecular weight excluding hydrogens is 310 g/mol. The quantitative estimate of drug-likeness (QED) is 0.579. The van der Waals surface area contributed by atoms with Crippen LogP contribution in [0.15, 0.2) is 42.1 Å². The van der Waals surface area contributed by atoms with E-state index in [1.165, 1.54) is 18.4 Å². The van der Waals surface area contributed by atoms with Crippen LogP contribution in [0.4, 0.5) is 0 Å². The summed E-state index contributed by atoms with van der Waals surface area (Å²) in [5, 5.41) is 1.93. The number of nitrogens with zero attached hydrogens (tertiary/aromatic N) is 1. The van der Waals surface area contributed by atoms with E-state index in [4.69, 9.17) is 4.74 Å². The van der Waals surface area contributed by atoms with E-state index in [9.17, 15) is 4.79 Å². The number of carbonyl (C=O) groups excluding carboxylic acids is 1. The lowest BCUT2D eigenvalue weighted by atomic mass is 9.76. The van der Waals surface area contributed by atoms with E-state index in [-0.39, 0.29) is 5.41 Å². The third-order valence-corrected chi connectivity index (χ3v) is 4.63. The van der Waals surface area contributed by atoms with Crippen molar-refractivity contribution in [3.8, 4) is 11.8 Å². The van der Waals surface area contributed by atoms with Crippen LogP contribution in [0.25, 0.3) is 10.8 Å². The number of rotatable bonds is 2.